The summed E-state index contributed by atoms with van der Waals surface area (Å²) in [6, 6.07) is 7.27. The molecule has 3 rings (SSSR count). The number of hydrogen-bond donors (Lipinski definition) is 0. The highest BCUT2D eigenvalue weighted by Crippen LogP contribution is 2.26. The number of ether oxygens (including phenoxy) is 2. The van der Waals surface area contributed by atoms with Crippen molar-refractivity contribution in [1.29, 1.82) is 5.26 Å². The number of morpholine rings is 1. The Morgan fingerprint density at radius 2 is 2.13 bits per heavy atom. The van der Waals surface area contributed by atoms with Gasteiger partial charge in [0.15, 0.2) is 6.20 Å². The average Bonchev–Trinajstić information content (AvgIpc) is 2.62. The lowest BCUT2D eigenvalue weighted by atomic mass is 10.1. The quantitative estimate of drug-likeness (QED) is 0.623. The predicted molar refractivity (Wildman–Crippen MR) is 82.9 cm³/mol. The van der Waals surface area contributed by atoms with Crippen molar-refractivity contribution >= 4 is 5.82 Å². The van der Waals surface area contributed by atoms with Gasteiger partial charge in [-0.3, -0.25) is 0 Å². The molecule has 1 aliphatic heterocycles. The van der Waals surface area contributed by atoms with Crippen LogP contribution in [-0.4, -0.2) is 38.4 Å². The van der Waals surface area contributed by atoms with E-state index in [9.17, 15) is 10.5 Å². The van der Waals surface area contributed by atoms with Crippen LogP contribution in [0, 0.1) is 16.5 Å². The maximum Gasteiger partial charge on any atom is 0.379 e. The summed E-state index contributed by atoms with van der Waals surface area (Å²) in [5.41, 5.74) is 2.03. The zero-order valence-electron chi connectivity index (χ0n) is 12.7. The van der Waals surface area contributed by atoms with E-state index in [-0.39, 0.29) is 5.88 Å². The molecular formula is C16H16N4O3. The summed E-state index contributed by atoms with van der Waals surface area (Å²) in [7, 11) is 1.44. The standard InChI is InChI=1S/C16H16N4O3/c1-22-15-9-12(2-3-20(15)21)14-8-13(10-17)16(18-11-14)19-4-6-23-7-5-19/h2-3,8-9,11H,4-7H2,1H3. The second-order valence-electron chi connectivity index (χ2n) is 5.09. The molecule has 23 heavy (non-hydrogen) atoms. The fourth-order valence-corrected chi connectivity index (χ4v) is 2.52. The molecule has 0 spiro atoms. The Hall–Kier alpha value is -2.85. The molecule has 0 aromatic carbocycles. The molecule has 0 atom stereocenters. The molecule has 2 aromatic heterocycles. The van der Waals surface area contributed by atoms with Gasteiger partial charge in [-0.2, -0.15) is 5.26 Å². The Kier molecular flexibility index (Phi) is 4.26. The zero-order chi connectivity index (χ0) is 16.2. The summed E-state index contributed by atoms with van der Waals surface area (Å²) >= 11 is 0. The van der Waals surface area contributed by atoms with E-state index in [0.29, 0.717) is 29.3 Å². The van der Waals surface area contributed by atoms with E-state index in [1.54, 1.807) is 24.4 Å². The molecule has 7 nitrogen and oxygen atoms in total. The maximum atomic E-state index is 11.5. The summed E-state index contributed by atoms with van der Waals surface area (Å²) in [6.45, 7) is 2.70. The Balaban J connectivity index is 1.97. The molecule has 1 saturated heterocycles. The smallest absolute Gasteiger partial charge is 0.379 e. The SMILES string of the molecule is COc1cc(-c2cnc(N3CCOCC3)c(C#N)c2)cc[n+]1[O-]. The van der Waals surface area contributed by atoms with E-state index in [0.717, 1.165) is 24.2 Å². The first kappa shape index (κ1) is 15.1. The number of nitrogens with zero attached hydrogens (tertiary/aromatic N) is 4. The van der Waals surface area contributed by atoms with Crippen molar-refractivity contribution in [2.75, 3.05) is 38.3 Å². The van der Waals surface area contributed by atoms with Crippen LogP contribution in [0.15, 0.2) is 30.6 Å². The third-order valence-corrected chi connectivity index (χ3v) is 3.73. The van der Waals surface area contributed by atoms with Crippen LogP contribution in [0.1, 0.15) is 5.56 Å². The summed E-state index contributed by atoms with van der Waals surface area (Å²) < 4.78 is 11.0. The zero-order valence-corrected chi connectivity index (χ0v) is 12.7. The number of rotatable bonds is 3. The third kappa shape index (κ3) is 3.03. The topological polar surface area (TPSA) is 85.3 Å². The fourth-order valence-electron chi connectivity index (χ4n) is 2.52. The molecular weight excluding hydrogens is 296 g/mol. The normalized spacial score (nSPS) is 14.3. The number of aromatic nitrogens is 2. The number of anilines is 1. The van der Waals surface area contributed by atoms with E-state index in [1.165, 1.54) is 13.3 Å². The molecule has 0 saturated carbocycles. The highest BCUT2D eigenvalue weighted by atomic mass is 16.5. The average molecular weight is 312 g/mol. The summed E-state index contributed by atoms with van der Waals surface area (Å²) in [5, 5.41) is 21.0. The van der Waals surface area contributed by atoms with Gasteiger partial charge < -0.3 is 19.6 Å². The van der Waals surface area contributed by atoms with Gasteiger partial charge in [0, 0.05) is 30.9 Å². The molecule has 0 bridgehead atoms. The molecule has 118 valence electrons. The molecule has 0 amide bonds. The van der Waals surface area contributed by atoms with Gasteiger partial charge in [-0.1, -0.05) is 0 Å². The van der Waals surface area contributed by atoms with Crippen LogP contribution in [-0.2, 0) is 4.74 Å². The van der Waals surface area contributed by atoms with Crippen LogP contribution in [0.2, 0.25) is 0 Å². The maximum absolute atomic E-state index is 11.5. The van der Waals surface area contributed by atoms with Crippen LogP contribution in [0.4, 0.5) is 5.82 Å². The van der Waals surface area contributed by atoms with Gasteiger partial charge in [-0.15, -0.1) is 4.73 Å². The van der Waals surface area contributed by atoms with Crippen molar-refractivity contribution in [3.05, 3.63) is 41.4 Å². The second-order valence-corrected chi connectivity index (χ2v) is 5.09. The van der Waals surface area contributed by atoms with Crippen LogP contribution in [0.3, 0.4) is 0 Å². The van der Waals surface area contributed by atoms with Crippen LogP contribution < -0.4 is 14.4 Å². The summed E-state index contributed by atoms with van der Waals surface area (Å²) in [4.78, 5) is 6.49. The van der Waals surface area contributed by atoms with Gasteiger partial charge in [-0.05, 0) is 11.6 Å². The number of pyridine rings is 2. The number of nitriles is 1. The van der Waals surface area contributed by atoms with Crippen molar-refractivity contribution in [2.45, 2.75) is 0 Å². The minimum Gasteiger partial charge on any atom is -0.616 e. The first-order chi connectivity index (χ1) is 11.2. The lowest BCUT2D eigenvalue weighted by molar-refractivity contribution is -0.612. The molecule has 3 heterocycles. The van der Waals surface area contributed by atoms with E-state index in [1.807, 2.05) is 4.90 Å². The van der Waals surface area contributed by atoms with Crippen LogP contribution >= 0.6 is 0 Å². The first-order valence-corrected chi connectivity index (χ1v) is 7.23. The minimum atomic E-state index is 0.193. The second kappa shape index (κ2) is 6.50. The predicted octanol–water partition coefficient (Wildman–Crippen LogP) is 1.10. The lowest BCUT2D eigenvalue weighted by Crippen LogP contribution is -2.37. The van der Waals surface area contributed by atoms with Crippen LogP contribution in [0.25, 0.3) is 11.1 Å². The van der Waals surface area contributed by atoms with E-state index >= 15 is 0 Å². The van der Waals surface area contributed by atoms with Gasteiger partial charge in [0.25, 0.3) is 0 Å². The number of methoxy groups -OCH3 is 1. The molecule has 1 fully saturated rings. The van der Waals surface area contributed by atoms with Gasteiger partial charge >= 0.3 is 5.88 Å². The highest BCUT2D eigenvalue weighted by Gasteiger charge is 2.17. The fraction of sp³-hybridized carbons (Fsp3) is 0.312. The number of hydrogen-bond acceptors (Lipinski definition) is 6. The Labute approximate surface area is 133 Å². The largest absolute Gasteiger partial charge is 0.616 e. The molecule has 7 heteroatoms. The van der Waals surface area contributed by atoms with Crippen LogP contribution in [0.5, 0.6) is 5.88 Å². The summed E-state index contributed by atoms with van der Waals surface area (Å²) in [5.74, 6) is 0.861. The molecule has 0 radical (unpaired) electrons. The Morgan fingerprint density at radius 1 is 1.35 bits per heavy atom. The lowest BCUT2D eigenvalue weighted by Gasteiger charge is -2.28. The van der Waals surface area contributed by atoms with Gasteiger partial charge in [0.2, 0.25) is 0 Å². The molecule has 0 N–H and O–H groups in total. The van der Waals surface area contributed by atoms with Gasteiger partial charge in [0.1, 0.15) is 11.9 Å². The molecule has 2 aromatic rings. The van der Waals surface area contributed by atoms with Crippen molar-refractivity contribution < 1.29 is 14.2 Å². The Morgan fingerprint density at radius 3 is 2.83 bits per heavy atom. The van der Waals surface area contributed by atoms with Gasteiger partial charge in [0.05, 0.1) is 32.0 Å². The molecule has 1 aliphatic rings. The van der Waals surface area contributed by atoms with Crippen molar-refractivity contribution in [3.8, 4) is 23.1 Å². The van der Waals surface area contributed by atoms with E-state index in [4.69, 9.17) is 9.47 Å². The van der Waals surface area contributed by atoms with Crippen molar-refractivity contribution in [1.82, 2.24) is 4.98 Å². The highest BCUT2D eigenvalue weighted by molar-refractivity contribution is 5.68. The van der Waals surface area contributed by atoms with Crippen molar-refractivity contribution in [3.63, 3.8) is 0 Å². The van der Waals surface area contributed by atoms with E-state index in [2.05, 4.69) is 11.1 Å². The van der Waals surface area contributed by atoms with E-state index < -0.39 is 0 Å². The van der Waals surface area contributed by atoms with Gasteiger partial charge in [-0.25, -0.2) is 4.98 Å². The molecule has 0 aliphatic carbocycles. The van der Waals surface area contributed by atoms with Crippen molar-refractivity contribution in [2.24, 2.45) is 0 Å². The summed E-state index contributed by atoms with van der Waals surface area (Å²) in [6.07, 6.45) is 3.08. The monoisotopic (exact) mass is 312 g/mol. The minimum absolute atomic E-state index is 0.193. The Bertz CT molecular complexity index is 751. The molecule has 0 unspecified atom stereocenters. The first-order valence-electron chi connectivity index (χ1n) is 7.23. The third-order valence-electron chi connectivity index (χ3n) is 3.73.